The summed E-state index contributed by atoms with van der Waals surface area (Å²) in [5.74, 6) is 0.946. The van der Waals surface area contributed by atoms with Gasteiger partial charge in [-0.15, -0.1) is 0 Å². The predicted molar refractivity (Wildman–Crippen MR) is 147 cm³/mol. The summed E-state index contributed by atoms with van der Waals surface area (Å²) in [4.78, 5) is 4.54. The van der Waals surface area contributed by atoms with Gasteiger partial charge in [0.1, 0.15) is 5.75 Å². The van der Waals surface area contributed by atoms with Gasteiger partial charge < -0.3 is 14.5 Å². The first-order valence-corrected chi connectivity index (χ1v) is 12.0. The highest BCUT2D eigenvalue weighted by Crippen LogP contribution is 2.55. The summed E-state index contributed by atoms with van der Waals surface area (Å²) in [7, 11) is 5.96. The molecule has 5 aromatic carbocycles. The number of rotatable bonds is 4. The van der Waals surface area contributed by atoms with Gasteiger partial charge in [0.2, 0.25) is 0 Å². The number of para-hydroxylation sites is 1. The molecule has 0 aliphatic carbocycles. The molecule has 0 aromatic heterocycles. The Kier molecular flexibility index (Phi) is 5.18. The van der Waals surface area contributed by atoms with Crippen LogP contribution in [0, 0.1) is 0 Å². The minimum Gasteiger partial charge on any atom is -0.496 e. The van der Waals surface area contributed by atoms with Crippen molar-refractivity contribution in [1.82, 2.24) is 0 Å². The lowest BCUT2D eigenvalue weighted by molar-refractivity contribution is 0.409. The van der Waals surface area contributed by atoms with Crippen molar-refractivity contribution >= 4 is 33.5 Å². The van der Waals surface area contributed by atoms with Crippen molar-refractivity contribution in [2.24, 2.45) is 0 Å². The topological polar surface area (TPSA) is 15.7 Å². The van der Waals surface area contributed by atoms with Gasteiger partial charge in [-0.05, 0) is 58.3 Å². The zero-order chi connectivity index (χ0) is 23.9. The van der Waals surface area contributed by atoms with Crippen molar-refractivity contribution in [3.05, 3.63) is 126 Å². The van der Waals surface area contributed by atoms with E-state index in [1.807, 2.05) is 0 Å². The van der Waals surface area contributed by atoms with Crippen LogP contribution in [0.25, 0.3) is 10.8 Å². The molecule has 0 N–H and O–H groups in total. The van der Waals surface area contributed by atoms with Crippen LogP contribution in [-0.4, -0.2) is 21.2 Å². The largest absolute Gasteiger partial charge is 0.496 e. The average molecular weight is 457 g/mol. The molecule has 5 aromatic rings. The molecule has 0 fully saturated rings. The molecule has 0 bridgehead atoms. The summed E-state index contributed by atoms with van der Waals surface area (Å²) in [6.07, 6.45) is 0. The zero-order valence-electron chi connectivity index (χ0n) is 20.3. The first-order valence-electron chi connectivity index (χ1n) is 12.0. The molecule has 35 heavy (non-hydrogen) atoms. The highest BCUT2D eigenvalue weighted by Gasteiger charge is 2.35. The van der Waals surface area contributed by atoms with Gasteiger partial charge in [0.15, 0.2) is 0 Å². The van der Waals surface area contributed by atoms with Crippen LogP contribution in [0.3, 0.4) is 0 Å². The maximum Gasteiger partial charge on any atom is 0.125 e. The molecule has 3 nitrogen and oxygen atoms in total. The standard InChI is InChI=1S/C32H28N2O/c1-33(2)24-19-20-27-29(21-24)34(23-13-5-4-6-14-23)28-17-10-18-30(35-3)32(28)31(27)26-16-9-12-22-11-7-8-15-25(22)26/h4-21,31H,1-3H3. The molecular formula is C32H28N2O. The van der Waals surface area contributed by atoms with E-state index in [1.165, 1.54) is 38.8 Å². The van der Waals surface area contributed by atoms with Gasteiger partial charge in [0.25, 0.3) is 0 Å². The van der Waals surface area contributed by atoms with Gasteiger partial charge in [-0.2, -0.15) is 0 Å². The Hall–Kier alpha value is -4.24. The molecule has 0 spiro atoms. The third-order valence-electron chi connectivity index (χ3n) is 7.02. The molecular weight excluding hydrogens is 428 g/mol. The molecule has 1 atom stereocenters. The van der Waals surface area contributed by atoms with Gasteiger partial charge in [0.05, 0.1) is 18.5 Å². The van der Waals surface area contributed by atoms with Crippen molar-refractivity contribution in [3.63, 3.8) is 0 Å². The van der Waals surface area contributed by atoms with Gasteiger partial charge in [-0.25, -0.2) is 0 Å². The van der Waals surface area contributed by atoms with Crippen molar-refractivity contribution in [3.8, 4) is 5.75 Å². The molecule has 0 amide bonds. The normalized spacial score (nSPS) is 14.4. The first kappa shape index (κ1) is 21.3. The van der Waals surface area contributed by atoms with Crippen molar-refractivity contribution in [2.75, 3.05) is 31.0 Å². The lowest BCUT2D eigenvalue weighted by Gasteiger charge is -2.39. The highest BCUT2D eigenvalue weighted by molar-refractivity contribution is 5.93. The van der Waals surface area contributed by atoms with Gasteiger partial charge >= 0.3 is 0 Å². The molecule has 1 unspecified atom stereocenters. The Bertz CT molecular complexity index is 1520. The minimum absolute atomic E-state index is 0.0402. The molecule has 3 heteroatoms. The van der Waals surface area contributed by atoms with Crippen molar-refractivity contribution in [2.45, 2.75) is 5.92 Å². The number of anilines is 4. The van der Waals surface area contributed by atoms with E-state index in [0.29, 0.717) is 0 Å². The molecule has 6 rings (SSSR count). The van der Waals surface area contributed by atoms with Crippen LogP contribution >= 0.6 is 0 Å². The van der Waals surface area contributed by atoms with E-state index in [2.05, 4.69) is 133 Å². The van der Waals surface area contributed by atoms with Crippen LogP contribution in [0.2, 0.25) is 0 Å². The summed E-state index contributed by atoms with van der Waals surface area (Å²) in [6.45, 7) is 0. The average Bonchev–Trinajstić information content (AvgIpc) is 2.91. The number of ether oxygens (including phenoxy) is 1. The maximum absolute atomic E-state index is 6.00. The molecule has 1 heterocycles. The van der Waals surface area contributed by atoms with E-state index in [4.69, 9.17) is 4.74 Å². The van der Waals surface area contributed by atoms with Crippen LogP contribution in [0.1, 0.15) is 22.6 Å². The van der Waals surface area contributed by atoms with E-state index in [9.17, 15) is 0 Å². The van der Waals surface area contributed by atoms with Gasteiger partial charge in [0, 0.05) is 37.0 Å². The SMILES string of the molecule is COc1cccc2c1C(c1cccc3ccccc13)c1ccc(N(C)C)cc1N2c1ccccc1. The Morgan fingerprint density at radius 2 is 1.43 bits per heavy atom. The lowest BCUT2D eigenvalue weighted by Crippen LogP contribution is -2.23. The van der Waals surface area contributed by atoms with E-state index in [-0.39, 0.29) is 5.92 Å². The Labute approximate surface area is 206 Å². The van der Waals surface area contributed by atoms with E-state index < -0.39 is 0 Å². The smallest absolute Gasteiger partial charge is 0.125 e. The van der Waals surface area contributed by atoms with Crippen molar-refractivity contribution < 1.29 is 4.74 Å². The van der Waals surface area contributed by atoms with Gasteiger partial charge in [-0.3, -0.25) is 0 Å². The molecule has 172 valence electrons. The van der Waals surface area contributed by atoms with Crippen LogP contribution in [0.4, 0.5) is 22.7 Å². The fraction of sp³-hybridized carbons (Fsp3) is 0.125. The monoisotopic (exact) mass is 456 g/mol. The second-order valence-corrected chi connectivity index (χ2v) is 9.20. The fourth-order valence-electron chi connectivity index (χ4n) is 5.41. The maximum atomic E-state index is 6.00. The van der Waals surface area contributed by atoms with Crippen molar-refractivity contribution in [1.29, 1.82) is 0 Å². The first-order chi connectivity index (χ1) is 17.2. The summed E-state index contributed by atoms with van der Waals surface area (Å²) in [5, 5.41) is 2.52. The number of methoxy groups -OCH3 is 1. The lowest BCUT2D eigenvalue weighted by atomic mass is 9.78. The van der Waals surface area contributed by atoms with E-state index >= 15 is 0 Å². The third-order valence-corrected chi connectivity index (χ3v) is 7.02. The summed E-state index contributed by atoms with van der Waals surface area (Å²) in [6, 6.07) is 39.1. The Morgan fingerprint density at radius 3 is 2.23 bits per heavy atom. The molecule has 0 radical (unpaired) electrons. The van der Waals surface area contributed by atoms with E-state index in [1.54, 1.807) is 7.11 Å². The minimum atomic E-state index is 0.0402. The van der Waals surface area contributed by atoms with Crippen LogP contribution < -0.4 is 14.5 Å². The third kappa shape index (κ3) is 3.43. The van der Waals surface area contributed by atoms with Crippen LogP contribution in [-0.2, 0) is 0 Å². The number of fused-ring (bicyclic) bond motifs is 3. The number of nitrogens with zero attached hydrogens (tertiary/aromatic N) is 2. The molecule has 0 saturated heterocycles. The van der Waals surface area contributed by atoms with Crippen LogP contribution in [0.5, 0.6) is 5.75 Å². The second-order valence-electron chi connectivity index (χ2n) is 9.20. The summed E-state index contributed by atoms with van der Waals surface area (Å²) >= 11 is 0. The van der Waals surface area contributed by atoms with Crippen LogP contribution in [0.15, 0.2) is 109 Å². The molecule has 1 aliphatic heterocycles. The van der Waals surface area contributed by atoms with Gasteiger partial charge in [-0.1, -0.05) is 72.8 Å². The predicted octanol–water partition coefficient (Wildman–Crippen LogP) is 7.88. The Morgan fingerprint density at radius 1 is 0.686 bits per heavy atom. The van der Waals surface area contributed by atoms with E-state index in [0.717, 1.165) is 17.1 Å². The Balaban J connectivity index is 1.72. The number of benzene rings is 5. The fourth-order valence-corrected chi connectivity index (χ4v) is 5.41. The molecule has 0 saturated carbocycles. The number of hydrogen-bond donors (Lipinski definition) is 0. The number of hydrogen-bond acceptors (Lipinski definition) is 3. The highest BCUT2D eigenvalue weighted by atomic mass is 16.5. The second kappa shape index (κ2) is 8.52. The zero-order valence-corrected chi connectivity index (χ0v) is 20.3. The summed E-state index contributed by atoms with van der Waals surface area (Å²) in [5.41, 5.74) is 8.41. The summed E-state index contributed by atoms with van der Waals surface area (Å²) < 4.78 is 6.00. The molecule has 1 aliphatic rings. The quantitative estimate of drug-likeness (QED) is 0.268.